The molecule has 2 heteroatoms. The fourth-order valence-corrected chi connectivity index (χ4v) is 3.46. The Balaban J connectivity index is 1.72. The number of alkyl halides is 1. The molecule has 1 aromatic rings. The molecule has 0 nitrogen and oxygen atoms in total. The van der Waals surface area contributed by atoms with E-state index < -0.39 is 0 Å². The highest BCUT2D eigenvalue weighted by Gasteiger charge is 2.16. The van der Waals surface area contributed by atoms with Crippen LogP contribution >= 0.6 is 27.5 Å². The van der Waals surface area contributed by atoms with Gasteiger partial charge in [0.1, 0.15) is 0 Å². The van der Waals surface area contributed by atoms with Crippen LogP contribution < -0.4 is 0 Å². The zero-order valence-corrected chi connectivity index (χ0v) is 12.5. The summed E-state index contributed by atoms with van der Waals surface area (Å²) in [6, 6.07) is 8.22. The Morgan fingerprint density at radius 1 is 1.18 bits per heavy atom. The van der Waals surface area contributed by atoms with Crippen molar-refractivity contribution in [1.29, 1.82) is 0 Å². The van der Waals surface area contributed by atoms with Gasteiger partial charge in [0.25, 0.3) is 0 Å². The lowest BCUT2D eigenvalue weighted by Crippen LogP contribution is -2.05. The smallest absolute Gasteiger partial charge is 0.0406 e. The van der Waals surface area contributed by atoms with Gasteiger partial charge in [-0.2, -0.15) is 0 Å². The summed E-state index contributed by atoms with van der Waals surface area (Å²) in [5, 5.41) is 0.825. The predicted octanol–water partition coefficient (Wildman–Crippen LogP) is 5.62. The van der Waals surface area contributed by atoms with Crippen molar-refractivity contribution in [3.8, 4) is 0 Å². The van der Waals surface area contributed by atoms with E-state index in [4.69, 9.17) is 11.6 Å². The summed E-state index contributed by atoms with van der Waals surface area (Å²) in [7, 11) is 0. The van der Waals surface area contributed by atoms with Gasteiger partial charge in [-0.15, -0.1) is 0 Å². The van der Waals surface area contributed by atoms with E-state index in [-0.39, 0.29) is 0 Å². The van der Waals surface area contributed by atoms with Gasteiger partial charge in [-0.05, 0) is 42.9 Å². The van der Waals surface area contributed by atoms with Gasteiger partial charge in [-0.1, -0.05) is 65.3 Å². The number of hydrogen-bond donors (Lipinski definition) is 0. The van der Waals surface area contributed by atoms with Crippen molar-refractivity contribution in [2.24, 2.45) is 5.92 Å². The first kappa shape index (κ1) is 13.4. The van der Waals surface area contributed by atoms with E-state index in [1.807, 2.05) is 12.1 Å². The maximum Gasteiger partial charge on any atom is 0.0406 e. The largest absolute Gasteiger partial charge is 0.0887 e. The van der Waals surface area contributed by atoms with E-state index in [2.05, 4.69) is 28.1 Å². The maximum atomic E-state index is 5.88. The molecule has 1 atom stereocenters. The van der Waals surface area contributed by atoms with E-state index in [1.54, 1.807) is 0 Å². The molecule has 1 aromatic carbocycles. The van der Waals surface area contributed by atoms with Crippen molar-refractivity contribution in [2.45, 2.75) is 49.8 Å². The summed E-state index contributed by atoms with van der Waals surface area (Å²) in [6.45, 7) is 0. The average molecular weight is 316 g/mol. The van der Waals surface area contributed by atoms with Gasteiger partial charge in [0, 0.05) is 9.85 Å². The molecule has 0 bridgehead atoms. The van der Waals surface area contributed by atoms with E-state index >= 15 is 0 Å². The highest BCUT2D eigenvalue weighted by molar-refractivity contribution is 9.09. The summed E-state index contributed by atoms with van der Waals surface area (Å²) < 4.78 is 0. The normalized spacial score (nSPS) is 18.5. The average Bonchev–Trinajstić information content (AvgIpc) is 2.83. The van der Waals surface area contributed by atoms with Gasteiger partial charge in [-0.25, -0.2) is 0 Å². The van der Waals surface area contributed by atoms with Crippen LogP contribution in [0.5, 0.6) is 0 Å². The lowest BCUT2D eigenvalue weighted by Gasteiger charge is -2.13. The van der Waals surface area contributed by atoms with Gasteiger partial charge in [0.05, 0.1) is 0 Å². The second-order valence-corrected chi connectivity index (χ2v) is 6.89. The van der Waals surface area contributed by atoms with Crippen LogP contribution in [0.15, 0.2) is 24.3 Å². The van der Waals surface area contributed by atoms with Crippen molar-refractivity contribution in [3.63, 3.8) is 0 Å². The highest BCUT2D eigenvalue weighted by Crippen LogP contribution is 2.30. The second kappa shape index (κ2) is 6.80. The van der Waals surface area contributed by atoms with Gasteiger partial charge >= 0.3 is 0 Å². The molecule has 0 aliphatic heterocycles. The maximum absolute atomic E-state index is 5.88. The third-order valence-electron chi connectivity index (χ3n) is 3.73. The molecule has 0 amide bonds. The minimum Gasteiger partial charge on any atom is -0.0887 e. The van der Waals surface area contributed by atoms with Gasteiger partial charge in [-0.3, -0.25) is 0 Å². The summed E-state index contributed by atoms with van der Waals surface area (Å²) in [5.74, 6) is 1.00. The van der Waals surface area contributed by atoms with Gasteiger partial charge in [0.15, 0.2) is 0 Å². The minimum absolute atomic E-state index is 0.615. The first-order chi connectivity index (χ1) is 8.24. The third kappa shape index (κ3) is 4.63. The molecule has 17 heavy (non-hydrogen) atoms. The quantitative estimate of drug-likeness (QED) is 0.619. The lowest BCUT2D eigenvalue weighted by molar-refractivity contribution is 0.479. The molecule has 2 rings (SSSR count). The van der Waals surface area contributed by atoms with Crippen LogP contribution in [-0.4, -0.2) is 4.83 Å². The molecule has 1 unspecified atom stereocenters. The lowest BCUT2D eigenvalue weighted by atomic mass is 9.98. The summed E-state index contributed by atoms with van der Waals surface area (Å²) in [6.07, 6.45) is 9.63. The molecule has 0 heterocycles. The Morgan fingerprint density at radius 2 is 1.82 bits per heavy atom. The van der Waals surface area contributed by atoms with Gasteiger partial charge < -0.3 is 0 Å². The third-order valence-corrected chi connectivity index (χ3v) is 4.77. The van der Waals surface area contributed by atoms with Crippen LogP contribution in [0.2, 0.25) is 5.02 Å². The van der Waals surface area contributed by atoms with Crippen LogP contribution in [-0.2, 0) is 6.42 Å². The van der Waals surface area contributed by atoms with Crippen molar-refractivity contribution in [1.82, 2.24) is 0 Å². The fourth-order valence-electron chi connectivity index (χ4n) is 2.69. The Labute approximate surface area is 118 Å². The zero-order valence-electron chi connectivity index (χ0n) is 10.2. The van der Waals surface area contributed by atoms with E-state index in [0.717, 1.165) is 17.4 Å². The zero-order chi connectivity index (χ0) is 12.1. The molecule has 0 spiro atoms. The van der Waals surface area contributed by atoms with E-state index in [9.17, 15) is 0 Å². The molecule has 1 saturated carbocycles. The molecule has 0 N–H and O–H groups in total. The summed E-state index contributed by atoms with van der Waals surface area (Å²) in [4.78, 5) is 0.615. The van der Waals surface area contributed by atoms with Crippen molar-refractivity contribution in [2.75, 3.05) is 0 Å². The number of rotatable bonds is 5. The number of hydrogen-bond acceptors (Lipinski definition) is 0. The predicted molar refractivity (Wildman–Crippen MR) is 79.1 cm³/mol. The minimum atomic E-state index is 0.615. The number of halogens is 2. The topological polar surface area (TPSA) is 0 Å². The van der Waals surface area contributed by atoms with E-state index in [1.165, 1.54) is 44.1 Å². The Bertz CT molecular complexity index is 327. The monoisotopic (exact) mass is 314 g/mol. The molecule has 1 aliphatic carbocycles. The second-order valence-electron chi connectivity index (χ2n) is 5.16. The molecular formula is C15H20BrCl. The molecular weight excluding hydrogens is 296 g/mol. The Kier molecular flexibility index (Phi) is 5.37. The van der Waals surface area contributed by atoms with Crippen molar-refractivity contribution < 1.29 is 0 Å². The molecule has 0 saturated heterocycles. The van der Waals surface area contributed by atoms with Crippen LogP contribution in [0, 0.1) is 5.92 Å². The first-order valence-corrected chi connectivity index (χ1v) is 7.92. The molecule has 94 valence electrons. The highest BCUT2D eigenvalue weighted by atomic mass is 79.9. The Morgan fingerprint density at radius 3 is 2.47 bits per heavy atom. The molecule has 0 radical (unpaired) electrons. The van der Waals surface area contributed by atoms with E-state index in [0.29, 0.717) is 4.83 Å². The number of benzene rings is 1. The standard InChI is InChI=1S/C15H20BrCl/c16-14(8-5-12-3-1-2-4-12)11-13-6-9-15(17)10-7-13/h6-7,9-10,12,14H,1-5,8,11H2. The molecule has 1 aliphatic rings. The summed E-state index contributed by atoms with van der Waals surface area (Å²) >= 11 is 9.69. The van der Waals surface area contributed by atoms with Gasteiger partial charge in [0.2, 0.25) is 0 Å². The summed E-state index contributed by atoms with van der Waals surface area (Å²) in [5.41, 5.74) is 1.38. The molecule has 0 aromatic heterocycles. The molecule has 1 fully saturated rings. The van der Waals surface area contributed by atoms with Crippen LogP contribution in [0.25, 0.3) is 0 Å². The fraction of sp³-hybridized carbons (Fsp3) is 0.600. The van der Waals surface area contributed by atoms with Crippen LogP contribution in [0.4, 0.5) is 0 Å². The Hall–Kier alpha value is -0.0100. The SMILES string of the molecule is Clc1ccc(CC(Br)CCC2CCCC2)cc1. The first-order valence-electron chi connectivity index (χ1n) is 6.62. The van der Waals surface area contributed by atoms with Crippen molar-refractivity contribution >= 4 is 27.5 Å². The van der Waals surface area contributed by atoms with Crippen LogP contribution in [0.1, 0.15) is 44.1 Å². The van der Waals surface area contributed by atoms with Crippen LogP contribution in [0.3, 0.4) is 0 Å². The van der Waals surface area contributed by atoms with Crippen molar-refractivity contribution in [3.05, 3.63) is 34.9 Å².